The zero-order chi connectivity index (χ0) is 19.2. The van der Waals surface area contributed by atoms with Gasteiger partial charge >= 0.3 is 0 Å². The van der Waals surface area contributed by atoms with Crippen LogP contribution in [-0.2, 0) is 20.1 Å². The number of hydrogen-bond donors (Lipinski definition) is 1. The van der Waals surface area contributed by atoms with E-state index < -0.39 is 0 Å². The number of piperidine rings is 1. The van der Waals surface area contributed by atoms with Gasteiger partial charge in [0.05, 0.1) is 20.2 Å². The van der Waals surface area contributed by atoms with Gasteiger partial charge in [-0.05, 0) is 43.4 Å². The highest BCUT2D eigenvalue weighted by molar-refractivity contribution is 14.0. The minimum absolute atomic E-state index is 0. The van der Waals surface area contributed by atoms with Crippen molar-refractivity contribution in [2.24, 2.45) is 18.0 Å². The van der Waals surface area contributed by atoms with E-state index in [1.807, 2.05) is 30.7 Å². The van der Waals surface area contributed by atoms with Gasteiger partial charge in [-0.15, -0.1) is 34.2 Å². The number of benzene rings is 1. The Morgan fingerprint density at radius 1 is 1.21 bits per heavy atom. The minimum atomic E-state index is 0. The molecule has 3 rings (SSSR count). The van der Waals surface area contributed by atoms with Crippen molar-refractivity contribution in [1.29, 1.82) is 0 Å². The molecule has 28 heavy (non-hydrogen) atoms. The van der Waals surface area contributed by atoms with Crippen molar-refractivity contribution in [3.8, 4) is 5.75 Å². The van der Waals surface area contributed by atoms with Crippen molar-refractivity contribution < 1.29 is 4.74 Å². The number of rotatable bonds is 5. The second-order valence-corrected chi connectivity index (χ2v) is 7.23. The van der Waals surface area contributed by atoms with Crippen molar-refractivity contribution in [3.63, 3.8) is 0 Å². The fraction of sp³-hybridized carbons (Fsp3) is 0.550. The number of likely N-dealkylation sites (tertiary alicyclic amines) is 1. The molecule has 0 radical (unpaired) electrons. The molecule has 0 spiro atoms. The molecule has 1 aliphatic rings. The summed E-state index contributed by atoms with van der Waals surface area (Å²) in [5, 5.41) is 11.9. The summed E-state index contributed by atoms with van der Waals surface area (Å²) >= 11 is 0. The number of aryl methyl sites for hydroxylation is 1. The predicted molar refractivity (Wildman–Crippen MR) is 122 cm³/mol. The Bertz CT molecular complexity index is 766. The van der Waals surface area contributed by atoms with Gasteiger partial charge in [0.2, 0.25) is 0 Å². The predicted octanol–water partition coefficient (Wildman–Crippen LogP) is 3.13. The van der Waals surface area contributed by atoms with Crippen LogP contribution in [0.2, 0.25) is 0 Å². The van der Waals surface area contributed by atoms with Crippen molar-refractivity contribution in [3.05, 3.63) is 41.5 Å². The topological polar surface area (TPSA) is 67.6 Å². The average Bonchev–Trinajstić information content (AvgIpc) is 3.01. The minimum Gasteiger partial charge on any atom is -0.497 e. The summed E-state index contributed by atoms with van der Waals surface area (Å²) in [4.78, 5) is 7.24. The van der Waals surface area contributed by atoms with Crippen LogP contribution >= 0.6 is 24.0 Å². The van der Waals surface area contributed by atoms with Gasteiger partial charge in [0.15, 0.2) is 11.8 Å². The molecule has 8 heteroatoms. The second-order valence-electron chi connectivity index (χ2n) is 7.23. The summed E-state index contributed by atoms with van der Waals surface area (Å²) in [6.07, 6.45) is 2.40. The lowest BCUT2D eigenvalue weighted by atomic mass is 9.99. The Labute approximate surface area is 184 Å². The Morgan fingerprint density at radius 2 is 1.89 bits per heavy atom. The van der Waals surface area contributed by atoms with E-state index in [0.29, 0.717) is 13.1 Å². The van der Waals surface area contributed by atoms with Crippen molar-refractivity contribution >= 4 is 29.9 Å². The summed E-state index contributed by atoms with van der Waals surface area (Å²) in [5.74, 6) is 4.41. The number of aromatic nitrogens is 3. The molecule has 2 heterocycles. The lowest BCUT2D eigenvalue weighted by Gasteiger charge is -2.33. The molecule has 1 aliphatic heterocycles. The van der Waals surface area contributed by atoms with Crippen LogP contribution < -0.4 is 10.1 Å². The molecule has 1 aromatic heterocycles. The highest BCUT2D eigenvalue weighted by Crippen LogP contribution is 2.17. The van der Waals surface area contributed by atoms with Crippen LogP contribution in [0.1, 0.15) is 37.0 Å². The van der Waals surface area contributed by atoms with Gasteiger partial charge in [0, 0.05) is 20.1 Å². The highest BCUT2D eigenvalue weighted by atomic mass is 127. The first-order chi connectivity index (χ1) is 13.1. The van der Waals surface area contributed by atoms with E-state index in [-0.39, 0.29) is 24.0 Å². The van der Waals surface area contributed by atoms with Crippen LogP contribution in [0, 0.1) is 12.8 Å². The summed E-state index contributed by atoms with van der Waals surface area (Å²) in [6.45, 7) is 7.60. The summed E-state index contributed by atoms with van der Waals surface area (Å²) in [6, 6.07) is 8.07. The molecule has 1 N–H and O–H groups in total. The van der Waals surface area contributed by atoms with Gasteiger partial charge in [-0.3, -0.25) is 0 Å². The van der Waals surface area contributed by atoms with E-state index in [1.165, 1.54) is 12.8 Å². The SMILES string of the molecule is COc1ccc(CN=C(NCc2nnc(C)n2C)N2CCC(C)CC2)cc1.I. The molecule has 1 aromatic carbocycles. The van der Waals surface area contributed by atoms with E-state index in [2.05, 4.69) is 39.5 Å². The lowest BCUT2D eigenvalue weighted by molar-refractivity contribution is 0.272. The maximum atomic E-state index is 5.23. The van der Waals surface area contributed by atoms with Gasteiger partial charge in [0.1, 0.15) is 11.6 Å². The maximum Gasteiger partial charge on any atom is 0.194 e. The molecule has 2 aromatic rings. The lowest BCUT2D eigenvalue weighted by Crippen LogP contribution is -2.45. The molecular formula is C20H31IN6O. The third kappa shape index (κ3) is 5.83. The molecule has 0 saturated carbocycles. The number of nitrogens with one attached hydrogen (secondary N) is 1. The first kappa shape index (κ1) is 22.4. The molecule has 0 bridgehead atoms. The van der Waals surface area contributed by atoms with Gasteiger partial charge in [-0.1, -0.05) is 19.1 Å². The quantitative estimate of drug-likeness (QED) is 0.390. The first-order valence-corrected chi connectivity index (χ1v) is 9.58. The fourth-order valence-corrected chi connectivity index (χ4v) is 3.15. The zero-order valence-corrected chi connectivity index (χ0v) is 19.5. The number of methoxy groups -OCH3 is 1. The monoisotopic (exact) mass is 498 g/mol. The molecule has 0 atom stereocenters. The number of ether oxygens (including phenoxy) is 1. The fourth-order valence-electron chi connectivity index (χ4n) is 3.15. The number of guanidine groups is 1. The van der Waals surface area contributed by atoms with Gasteiger partial charge < -0.3 is 19.5 Å². The zero-order valence-electron chi connectivity index (χ0n) is 17.2. The maximum absolute atomic E-state index is 5.23. The normalized spacial score (nSPS) is 15.3. The second kappa shape index (κ2) is 10.6. The third-order valence-electron chi connectivity index (χ3n) is 5.24. The summed E-state index contributed by atoms with van der Waals surface area (Å²) < 4.78 is 7.24. The Hall–Kier alpha value is -1.84. The van der Waals surface area contributed by atoms with Crippen molar-refractivity contribution in [2.45, 2.75) is 39.8 Å². The van der Waals surface area contributed by atoms with Crippen molar-refractivity contribution in [1.82, 2.24) is 25.0 Å². The molecule has 0 aliphatic carbocycles. The van der Waals surface area contributed by atoms with E-state index in [9.17, 15) is 0 Å². The van der Waals surface area contributed by atoms with E-state index in [0.717, 1.165) is 47.9 Å². The highest BCUT2D eigenvalue weighted by Gasteiger charge is 2.19. The molecule has 7 nitrogen and oxygen atoms in total. The van der Waals surface area contributed by atoms with Gasteiger partial charge in [-0.2, -0.15) is 0 Å². The molecule has 0 amide bonds. The Kier molecular flexibility index (Phi) is 8.53. The number of halogens is 1. The van der Waals surface area contributed by atoms with Crippen LogP contribution in [0.5, 0.6) is 5.75 Å². The number of aliphatic imine (C=N–C) groups is 1. The Balaban J connectivity index is 0.00000280. The molecule has 1 saturated heterocycles. The van der Waals surface area contributed by atoms with Crippen LogP contribution in [0.4, 0.5) is 0 Å². The van der Waals surface area contributed by atoms with Gasteiger partial charge in [0.25, 0.3) is 0 Å². The average molecular weight is 498 g/mol. The first-order valence-electron chi connectivity index (χ1n) is 9.58. The van der Waals surface area contributed by atoms with Crippen LogP contribution in [0.3, 0.4) is 0 Å². The molecule has 0 unspecified atom stereocenters. The third-order valence-corrected chi connectivity index (χ3v) is 5.24. The largest absolute Gasteiger partial charge is 0.497 e. The standard InChI is InChI=1S/C20H30N6O.HI/c1-15-9-11-26(12-10-15)20(22-14-19-24-23-16(2)25(19)3)21-13-17-5-7-18(27-4)8-6-17;/h5-8,15H,9-14H2,1-4H3,(H,21,22);1H. The van der Waals surface area contributed by atoms with E-state index in [4.69, 9.17) is 9.73 Å². The molecule has 1 fully saturated rings. The molecular weight excluding hydrogens is 467 g/mol. The van der Waals surface area contributed by atoms with E-state index >= 15 is 0 Å². The van der Waals surface area contributed by atoms with Gasteiger partial charge in [-0.25, -0.2) is 4.99 Å². The van der Waals surface area contributed by atoms with Crippen LogP contribution in [0.15, 0.2) is 29.3 Å². The van der Waals surface area contributed by atoms with Crippen LogP contribution in [-0.4, -0.2) is 45.8 Å². The van der Waals surface area contributed by atoms with E-state index in [1.54, 1.807) is 7.11 Å². The number of hydrogen-bond acceptors (Lipinski definition) is 4. The van der Waals surface area contributed by atoms with Crippen LogP contribution in [0.25, 0.3) is 0 Å². The van der Waals surface area contributed by atoms with Crippen molar-refractivity contribution in [2.75, 3.05) is 20.2 Å². The summed E-state index contributed by atoms with van der Waals surface area (Å²) in [7, 11) is 3.67. The molecule has 154 valence electrons. The smallest absolute Gasteiger partial charge is 0.194 e. The number of nitrogens with zero attached hydrogens (tertiary/aromatic N) is 5. The Morgan fingerprint density at radius 3 is 2.46 bits per heavy atom. The summed E-state index contributed by atoms with van der Waals surface area (Å²) in [5.41, 5.74) is 1.16.